The fraction of sp³-hybridized carbons (Fsp3) is 0.190. The number of aromatic amines is 1. The fourth-order valence-electron chi connectivity index (χ4n) is 3.19. The Kier molecular flexibility index (Phi) is 6.82. The van der Waals surface area contributed by atoms with Gasteiger partial charge < -0.3 is 15.2 Å². The second-order valence-corrected chi connectivity index (χ2v) is 7.28. The van der Waals surface area contributed by atoms with Crippen molar-refractivity contribution in [3.05, 3.63) is 80.7 Å². The van der Waals surface area contributed by atoms with Gasteiger partial charge in [0.25, 0.3) is 11.5 Å². The highest BCUT2D eigenvalue weighted by atomic mass is 35.5. The number of nitrogens with one attached hydrogen (secondary N) is 2. The maximum atomic E-state index is 13.6. The van der Waals surface area contributed by atoms with E-state index in [-0.39, 0.29) is 22.2 Å². The van der Waals surface area contributed by atoms with Gasteiger partial charge in [-0.1, -0.05) is 29.8 Å². The van der Waals surface area contributed by atoms with Crippen LogP contribution in [0.1, 0.15) is 34.1 Å². The number of halogens is 4. The SMILES string of the molecule is COc1ccc(C(CC(=O)O)NC(=O)c2cc(=O)n(-c3ccccc3Cl)[nH]2)c(C(F)(F)F)c1. The zero-order valence-corrected chi connectivity index (χ0v) is 17.7. The Morgan fingerprint density at radius 2 is 1.91 bits per heavy atom. The lowest BCUT2D eigenvalue weighted by molar-refractivity contribution is -0.140. The summed E-state index contributed by atoms with van der Waals surface area (Å²) in [5.74, 6) is -2.51. The third kappa shape index (κ3) is 5.37. The highest BCUT2D eigenvalue weighted by Gasteiger charge is 2.37. The molecule has 1 unspecified atom stereocenters. The van der Waals surface area contributed by atoms with Crippen molar-refractivity contribution in [1.29, 1.82) is 0 Å². The molecule has 0 spiro atoms. The van der Waals surface area contributed by atoms with Crippen molar-refractivity contribution in [1.82, 2.24) is 15.1 Å². The van der Waals surface area contributed by atoms with Crippen LogP contribution in [-0.4, -0.2) is 33.9 Å². The van der Waals surface area contributed by atoms with Crippen molar-refractivity contribution >= 4 is 23.5 Å². The summed E-state index contributed by atoms with van der Waals surface area (Å²) in [5, 5.41) is 14.2. The molecule has 1 atom stereocenters. The molecule has 0 aliphatic carbocycles. The summed E-state index contributed by atoms with van der Waals surface area (Å²) in [5.41, 5.74) is -2.32. The van der Waals surface area contributed by atoms with E-state index in [0.717, 1.165) is 16.8 Å². The number of ether oxygens (including phenoxy) is 1. The van der Waals surface area contributed by atoms with Crippen LogP contribution in [0.3, 0.4) is 0 Å². The molecule has 12 heteroatoms. The molecule has 0 radical (unpaired) electrons. The Balaban J connectivity index is 1.98. The quantitative estimate of drug-likeness (QED) is 0.473. The molecule has 0 bridgehead atoms. The van der Waals surface area contributed by atoms with Gasteiger partial charge in [-0.25, -0.2) is 4.68 Å². The highest BCUT2D eigenvalue weighted by molar-refractivity contribution is 6.32. The maximum absolute atomic E-state index is 13.6. The minimum absolute atomic E-state index is 0.0902. The van der Waals surface area contributed by atoms with Gasteiger partial charge in [-0.05, 0) is 29.8 Å². The molecule has 0 aliphatic heterocycles. The van der Waals surface area contributed by atoms with E-state index in [1.807, 2.05) is 0 Å². The second-order valence-electron chi connectivity index (χ2n) is 6.87. The number of rotatable bonds is 7. The lowest BCUT2D eigenvalue weighted by atomic mass is 9.96. The van der Waals surface area contributed by atoms with Crippen molar-refractivity contribution in [2.45, 2.75) is 18.6 Å². The standard InChI is InChI=1S/C21H17ClF3N3O5/c1-33-11-6-7-12(13(8-11)21(23,24)25)15(10-19(30)31)26-20(32)16-9-18(29)28(27-16)17-5-3-2-4-14(17)22/h2-9,15,27H,10H2,1H3,(H,26,32)(H,30,31). The number of benzene rings is 2. The van der Waals surface area contributed by atoms with Crippen LogP contribution in [0.25, 0.3) is 5.69 Å². The number of aromatic nitrogens is 2. The topological polar surface area (TPSA) is 113 Å². The van der Waals surface area contributed by atoms with E-state index in [0.29, 0.717) is 6.07 Å². The summed E-state index contributed by atoms with van der Waals surface area (Å²) >= 11 is 6.06. The van der Waals surface area contributed by atoms with Crippen LogP contribution in [0.15, 0.2) is 53.3 Å². The zero-order valence-electron chi connectivity index (χ0n) is 16.9. The minimum atomic E-state index is -4.84. The minimum Gasteiger partial charge on any atom is -0.497 e. The number of H-pyrrole nitrogens is 1. The van der Waals surface area contributed by atoms with E-state index < -0.39 is 47.2 Å². The summed E-state index contributed by atoms with van der Waals surface area (Å²) < 4.78 is 46.7. The highest BCUT2D eigenvalue weighted by Crippen LogP contribution is 2.37. The number of carboxylic acids is 1. The van der Waals surface area contributed by atoms with E-state index >= 15 is 0 Å². The average Bonchev–Trinajstić information content (AvgIpc) is 3.13. The lowest BCUT2D eigenvalue weighted by Crippen LogP contribution is -2.32. The summed E-state index contributed by atoms with van der Waals surface area (Å²) in [4.78, 5) is 36.4. The first-order valence-electron chi connectivity index (χ1n) is 9.36. The second kappa shape index (κ2) is 9.41. The summed E-state index contributed by atoms with van der Waals surface area (Å²) in [7, 11) is 1.19. The molecule has 3 N–H and O–H groups in total. The molecular weight excluding hydrogens is 467 g/mol. The van der Waals surface area contributed by atoms with Gasteiger partial charge in [0.15, 0.2) is 0 Å². The van der Waals surface area contributed by atoms with Gasteiger partial charge in [0.2, 0.25) is 0 Å². The monoisotopic (exact) mass is 483 g/mol. The molecule has 1 amide bonds. The summed E-state index contributed by atoms with van der Waals surface area (Å²) in [6.07, 6.45) is -5.68. The van der Waals surface area contributed by atoms with Crippen molar-refractivity contribution in [2.24, 2.45) is 0 Å². The first kappa shape index (κ1) is 23.9. The van der Waals surface area contributed by atoms with Crippen LogP contribution in [0.2, 0.25) is 5.02 Å². The van der Waals surface area contributed by atoms with Crippen LogP contribution in [0.4, 0.5) is 13.2 Å². The molecule has 33 heavy (non-hydrogen) atoms. The number of carbonyl (C=O) groups is 2. The number of carboxylic acid groups (broad SMARTS) is 1. The summed E-state index contributed by atoms with van der Waals surface area (Å²) in [6.45, 7) is 0. The Bertz CT molecular complexity index is 1250. The molecule has 0 saturated heterocycles. The van der Waals surface area contributed by atoms with Crippen molar-refractivity contribution < 1.29 is 32.6 Å². The first-order chi connectivity index (χ1) is 15.5. The van der Waals surface area contributed by atoms with Gasteiger partial charge in [0.05, 0.1) is 35.8 Å². The van der Waals surface area contributed by atoms with Crippen LogP contribution in [0.5, 0.6) is 5.75 Å². The molecule has 0 fully saturated rings. The smallest absolute Gasteiger partial charge is 0.416 e. The largest absolute Gasteiger partial charge is 0.497 e. The van der Waals surface area contributed by atoms with Gasteiger partial charge >= 0.3 is 12.1 Å². The van der Waals surface area contributed by atoms with Crippen LogP contribution >= 0.6 is 11.6 Å². The number of carbonyl (C=O) groups excluding carboxylic acids is 1. The van der Waals surface area contributed by atoms with Crippen molar-refractivity contribution in [2.75, 3.05) is 7.11 Å². The Labute approximate surface area is 189 Å². The van der Waals surface area contributed by atoms with Gasteiger partial charge in [-0.15, -0.1) is 0 Å². The number of alkyl halides is 3. The summed E-state index contributed by atoms with van der Waals surface area (Å²) in [6, 6.07) is 8.63. The third-order valence-corrected chi connectivity index (χ3v) is 5.00. The van der Waals surface area contributed by atoms with Crippen molar-refractivity contribution in [3.63, 3.8) is 0 Å². The predicted molar refractivity (Wildman–Crippen MR) is 112 cm³/mol. The molecule has 0 saturated carbocycles. The van der Waals surface area contributed by atoms with Crippen LogP contribution < -0.4 is 15.6 Å². The van der Waals surface area contributed by atoms with Gasteiger partial charge in [-0.2, -0.15) is 13.2 Å². The number of methoxy groups -OCH3 is 1. The zero-order chi connectivity index (χ0) is 24.3. The predicted octanol–water partition coefficient (Wildman–Crippen LogP) is 3.79. The molecule has 8 nitrogen and oxygen atoms in total. The number of amides is 1. The normalized spacial score (nSPS) is 12.3. The van der Waals surface area contributed by atoms with Crippen LogP contribution in [0, 0.1) is 0 Å². The van der Waals surface area contributed by atoms with E-state index in [1.54, 1.807) is 12.1 Å². The van der Waals surface area contributed by atoms with Crippen LogP contribution in [-0.2, 0) is 11.0 Å². The molecule has 1 heterocycles. The van der Waals surface area contributed by atoms with E-state index in [9.17, 15) is 32.7 Å². The average molecular weight is 484 g/mol. The van der Waals surface area contributed by atoms with E-state index in [4.69, 9.17) is 16.3 Å². The first-order valence-corrected chi connectivity index (χ1v) is 9.73. The molecule has 1 aromatic heterocycles. The molecule has 3 aromatic rings. The van der Waals surface area contributed by atoms with Gasteiger partial charge in [0, 0.05) is 6.07 Å². The number of para-hydroxylation sites is 1. The molecular formula is C21H17ClF3N3O5. The number of hydrogen-bond acceptors (Lipinski definition) is 4. The lowest BCUT2D eigenvalue weighted by Gasteiger charge is -2.22. The molecule has 174 valence electrons. The fourth-order valence-corrected chi connectivity index (χ4v) is 3.41. The van der Waals surface area contributed by atoms with Gasteiger partial charge in [0.1, 0.15) is 11.4 Å². The Morgan fingerprint density at radius 1 is 1.21 bits per heavy atom. The maximum Gasteiger partial charge on any atom is 0.416 e. The van der Waals surface area contributed by atoms with E-state index in [1.165, 1.54) is 25.3 Å². The third-order valence-electron chi connectivity index (χ3n) is 4.68. The number of hydrogen-bond donors (Lipinski definition) is 3. The number of nitrogens with zero attached hydrogens (tertiary/aromatic N) is 1. The van der Waals surface area contributed by atoms with Crippen molar-refractivity contribution in [3.8, 4) is 11.4 Å². The Morgan fingerprint density at radius 3 is 2.52 bits per heavy atom. The molecule has 2 aromatic carbocycles. The van der Waals surface area contributed by atoms with E-state index in [2.05, 4.69) is 10.4 Å². The number of aliphatic carboxylic acids is 1. The molecule has 3 rings (SSSR count). The van der Waals surface area contributed by atoms with Gasteiger partial charge in [-0.3, -0.25) is 19.5 Å². The Hall–Kier alpha value is -3.73. The molecule has 0 aliphatic rings.